The summed E-state index contributed by atoms with van der Waals surface area (Å²) < 4.78 is 13.6. The van der Waals surface area contributed by atoms with E-state index in [1.54, 1.807) is 19.2 Å². The van der Waals surface area contributed by atoms with E-state index >= 15 is 0 Å². The third-order valence-corrected chi connectivity index (χ3v) is 3.78. The van der Waals surface area contributed by atoms with Crippen LogP contribution in [-0.2, 0) is 4.84 Å². The number of rotatable bonds is 4. The van der Waals surface area contributed by atoms with Gasteiger partial charge in [0.25, 0.3) is 0 Å². The summed E-state index contributed by atoms with van der Waals surface area (Å²) in [5, 5.41) is 6.64. The predicted molar refractivity (Wildman–Crippen MR) is 90.5 cm³/mol. The van der Waals surface area contributed by atoms with E-state index < -0.39 is 11.8 Å². The van der Waals surface area contributed by atoms with Crippen LogP contribution in [0.3, 0.4) is 0 Å². The number of nitrogens with zero attached hydrogens (tertiary/aromatic N) is 2. The van der Waals surface area contributed by atoms with Gasteiger partial charge in [-0.15, -0.1) is 0 Å². The van der Waals surface area contributed by atoms with Crippen LogP contribution in [0.25, 0.3) is 0 Å². The fourth-order valence-corrected chi connectivity index (χ4v) is 2.49. The van der Waals surface area contributed by atoms with Gasteiger partial charge in [0.2, 0.25) is 0 Å². The van der Waals surface area contributed by atoms with E-state index in [1.165, 1.54) is 17.0 Å². The first-order valence-electron chi connectivity index (χ1n) is 7.68. The van der Waals surface area contributed by atoms with Crippen LogP contribution in [0.5, 0.6) is 0 Å². The van der Waals surface area contributed by atoms with E-state index in [0.717, 1.165) is 11.3 Å². The Bertz CT molecular complexity index is 749. The Morgan fingerprint density at radius 3 is 2.71 bits per heavy atom. The molecule has 3 rings (SSSR count). The van der Waals surface area contributed by atoms with Gasteiger partial charge in [0.1, 0.15) is 5.82 Å². The molecule has 0 bridgehead atoms. The molecule has 0 saturated heterocycles. The van der Waals surface area contributed by atoms with Crippen molar-refractivity contribution in [3.05, 3.63) is 66.0 Å². The Morgan fingerprint density at radius 1 is 1.25 bits per heavy atom. The van der Waals surface area contributed by atoms with Gasteiger partial charge in [0.15, 0.2) is 6.10 Å². The molecule has 1 aliphatic heterocycles. The lowest BCUT2D eigenvalue weighted by atomic mass is 10.1. The zero-order valence-corrected chi connectivity index (χ0v) is 13.3. The fourth-order valence-electron chi connectivity index (χ4n) is 2.49. The van der Waals surface area contributed by atoms with Crippen molar-refractivity contribution in [1.82, 2.24) is 4.90 Å². The third-order valence-electron chi connectivity index (χ3n) is 3.78. The summed E-state index contributed by atoms with van der Waals surface area (Å²) in [4.78, 5) is 19.0. The number of oxime groups is 1. The average molecular weight is 327 g/mol. The van der Waals surface area contributed by atoms with E-state index in [2.05, 4.69) is 10.5 Å². The van der Waals surface area contributed by atoms with Gasteiger partial charge in [-0.3, -0.25) is 0 Å². The van der Waals surface area contributed by atoms with E-state index in [4.69, 9.17) is 4.84 Å². The van der Waals surface area contributed by atoms with Gasteiger partial charge in [0.05, 0.1) is 17.9 Å². The molecule has 2 aromatic rings. The molecule has 0 spiro atoms. The van der Waals surface area contributed by atoms with Crippen LogP contribution in [0.2, 0.25) is 0 Å². The van der Waals surface area contributed by atoms with Crippen molar-refractivity contribution < 1.29 is 14.0 Å². The minimum atomic E-state index is -0.467. The Balaban J connectivity index is 1.54. The molecule has 2 aromatic carbocycles. The quantitative estimate of drug-likeness (QED) is 0.935. The van der Waals surface area contributed by atoms with Gasteiger partial charge >= 0.3 is 6.03 Å². The van der Waals surface area contributed by atoms with Gasteiger partial charge in [-0.05, 0) is 17.7 Å². The van der Waals surface area contributed by atoms with E-state index in [1.807, 2.05) is 30.3 Å². The van der Waals surface area contributed by atoms with Crippen molar-refractivity contribution >= 4 is 17.4 Å². The highest BCUT2D eigenvalue weighted by molar-refractivity contribution is 6.01. The summed E-state index contributed by atoms with van der Waals surface area (Å²) in [5.41, 5.74) is 2.03. The number of para-hydroxylation sites is 1. The number of benzene rings is 2. The molecule has 0 fully saturated rings. The number of anilines is 1. The van der Waals surface area contributed by atoms with Crippen molar-refractivity contribution in [1.29, 1.82) is 0 Å². The molecule has 1 N–H and O–H groups in total. The summed E-state index contributed by atoms with van der Waals surface area (Å²) >= 11 is 0. The molecule has 2 amide bonds. The SMILES string of the molecule is CN(C[C@@H]1CC(c2ccccc2)=NO1)C(=O)Nc1ccccc1F. The van der Waals surface area contributed by atoms with Gasteiger partial charge in [-0.25, -0.2) is 9.18 Å². The highest BCUT2D eigenvalue weighted by Gasteiger charge is 2.25. The molecule has 5 nitrogen and oxygen atoms in total. The number of hydrogen-bond donors (Lipinski definition) is 1. The van der Waals surface area contributed by atoms with Crippen LogP contribution in [0.4, 0.5) is 14.9 Å². The summed E-state index contributed by atoms with van der Waals surface area (Å²) in [6.07, 6.45) is 0.415. The van der Waals surface area contributed by atoms with E-state index in [0.29, 0.717) is 13.0 Å². The van der Waals surface area contributed by atoms with E-state index in [-0.39, 0.29) is 11.8 Å². The first-order valence-corrected chi connectivity index (χ1v) is 7.68. The summed E-state index contributed by atoms with van der Waals surface area (Å²) in [5.74, 6) is -0.467. The molecule has 0 saturated carbocycles. The van der Waals surface area contributed by atoms with Crippen molar-refractivity contribution in [3.63, 3.8) is 0 Å². The maximum atomic E-state index is 13.6. The molecule has 1 aliphatic rings. The molecular formula is C18H18FN3O2. The maximum absolute atomic E-state index is 13.6. The topological polar surface area (TPSA) is 53.9 Å². The summed E-state index contributed by atoms with van der Waals surface area (Å²) in [7, 11) is 1.64. The number of likely N-dealkylation sites (N-methyl/N-ethyl adjacent to an activating group) is 1. The Kier molecular flexibility index (Phi) is 4.74. The first-order chi connectivity index (χ1) is 11.6. The Labute approximate surface area is 139 Å². The van der Waals surface area contributed by atoms with Crippen LogP contribution >= 0.6 is 0 Å². The third kappa shape index (κ3) is 3.71. The number of carbonyl (C=O) groups is 1. The highest BCUT2D eigenvalue weighted by atomic mass is 19.1. The highest BCUT2D eigenvalue weighted by Crippen LogP contribution is 2.18. The number of halogens is 1. The minimum Gasteiger partial charge on any atom is -0.390 e. The molecule has 24 heavy (non-hydrogen) atoms. The molecule has 1 heterocycles. The zero-order chi connectivity index (χ0) is 16.9. The van der Waals surface area contributed by atoms with Crippen LogP contribution in [0, 0.1) is 5.82 Å². The van der Waals surface area contributed by atoms with Crippen molar-refractivity contribution in [3.8, 4) is 0 Å². The molecule has 124 valence electrons. The molecule has 6 heteroatoms. The van der Waals surface area contributed by atoms with Crippen molar-refractivity contribution in [2.24, 2.45) is 5.16 Å². The molecule has 0 aromatic heterocycles. The number of hydrogen-bond acceptors (Lipinski definition) is 3. The second-order valence-electron chi connectivity index (χ2n) is 5.63. The van der Waals surface area contributed by atoms with E-state index in [9.17, 15) is 9.18 Å². The number of urea groups is 1. The van der Waals surface area contributed by atoms with Gasteiger partial charge in [-0.1, -0.05) is 47.6 Å². The van der Waals surface area contributed by atoms with Gasteiger partial charge in [-0.2, -0.15) is 0 Å². The monoisotopic (exact) mass is 327 g/mol. The largest absolute Gasteiger partial charge is 0.390 e. The lowest BCUT2D eigenvalue weighted by molar-refractivity contribution is 0.0672. The first kappa shape index (κ1) is 16.0. The van der Waals surface area contributed by atoms with Crippen molar-refractivity contribution in [2.45, 2.75) is 12.5 Å². The maximum Gasteiger partial charge on any atom is 0.321 e. The van der Waals surface area contributed by atoms with Crippen LogP contribution in [0.1, 0.15) is 12.0 Å². The number of carbonyl (C=O) groups excluding carboxylic acids is 1. The van der Waals surface area contributed by atoms with Crippen LogP contribution < -0.4 is 5.32 Å². The lowest BCUT2D eigenvalue weighted by Crippen LogP contribution is -2.37. The van der Waals surface area contributed by atoms with Crippen molar-refractivity contribution in [2.75, 3.05) is 18.9 Å². The second-order valence-corrected chi connectivity index (χ2v) is 5.63. The molecule has 0 radical (unpaired) electrons. The smallest absolute Gasteiger partial charge is 0.321 e. The molecule has 0 unspecified atom stereocenters. The lowest BCUT2D eigenvalue weighted by Gasteiger charge is -2.20. The Morgan fingerprint density at radius 2 is 1.96 bits per heavy atom. The van der Waals surface area contributed by atoms with Crippen LogP contribution in [-0.4, -0.2) is 36.3 Å². The van der Waals surface area contributed by atoms with Gasteiger partial charge < -0.3 is 15.1 Å². The average Bonchev–Trinajstić information content (AvgIpc) is 3.06. The van der Waals surface area contributed by atoms with Gasteiger partial charge in [0, 0.05) is 13.5 Å². The fraction of sp³-hybridized carbons (Fsp3) is 0.222. The predicted octanol–water partition coefficient (Wildman–Crippen LogP) is 3.48. The number of amides is 2. The Hall–Kier alpha value is -2.89. The summed E-state index contributed by atoms with van der Waals surface area (Å²) in [6, 6.07) is 15.4. The second kappa shape index (κ2) is 7.12. The van der Waals surface area contributed by atoms with Crippen LogP contribution in [0.15, 0.2) is 59.8 Å². The normalized spacial score (nSPS) is 16.2. The minimum absolute atomic E-state index is 0.155. The molecule has 0 aliphatic carbocycles. The molecule has 1 atom stereocenters. The zero-order valence-electron chi connectivity index (χ0n) is 13.3. The molecular weight excluding hydrogens is 309 g/mol. The summed E-state index contributed by atoms with van der Waals surface area (Å²) in [6.45, 7) is 0.361. The number of nitrogens with one attached hydrogen (secondary N) is 1. The standard InChI is InChI=1S/C18H18FN3O2/c1-22(18(23)20-16-10-6-5-9-15(16)19)12-14-11-17(21-24-14)13-7-3-2-4-8-13/h2-10,14H,11-12H2,1H3,(H,20,23)/t14-/m0/s1.